The molecule has 0 bridgehead atoms. The van der Waals surface area contributed by atoms with Gasteiger partial charge in [0.05, 0.1) is 6.61 Å². The van der Waals surface area contributed by atoms with E-state index in [1.165, 1.54) is 11.9 Å². The second-order valence-corrected chi connectivity index (χ2v) is 4.40. The Kier molecular flexibility index (Phi) is 4.63. The van der Waals surface area contributed by atoms with Crippen LogP contribution < -0.4 is 10.2 Å². The lowest BCUT2D eigenvalue weighted by molar-refractivity contribution is 0.282. The van der Waals surface area contributed by atoms with Gasteiger partial charge in [-0.15, -0.1) is 0 Å². The number of benzene rings is 1. The summed E-state index contributed by atoms with van der Waals surface area (Å²) in [5.74, 6) is 0. The van der Waals surface area contributed by atoms with Crippen LogP contribution in [0.1, 0.15) is 5.56 Å². The SMILES string of the molecule is O[B]c1cc(NSc2ccccn2)ccc1CO. The second-order valence-electron chi connectivity index (χ2n) is 3.57. The molecule has 0 spiro atoms. The fourth-order valence-electron chi connectivity index (χ4n) is 1.44. The van der Waals surface area contributed by atoms with Crippen molar-refractivity contribution in [1.29, 1.82) is 0 Å². The third-order valence-electron chi connectivity index (χ3n) is 2.37. The molecule has 1 aromatic heterocycles. The van der Waals surface area contributed by atoms with Gasteiger partial charge in [0.1, 0.15) is 5.03 Å². The number of aliphatic hydroxyl groups excluding tert-OH is 1. The van der Waals surface area contributed by atoms with E-state index in [-0.39, 0.29) is 6.61 Å². The lowest BCUT2D eigenvalue weighted by Gasteiger charge is -2.08. The molecule has 91 valence electrons. The van der Waals surface area contributed by atoms with Gasteiger partial charge < -0.3 is 14.9 Å². The normalized spacial score (nSPS) is 10.1. The van der Waals surface area contributed by atoms with Crippen molar-refractivity contribution < 1.29 is 10.1 Å². The molecular weight excluding hydrogens is 247 g/mol. The quantitative estimate of drug-likeness (QED) is 0.550. The molecule has 0 aliphatic heterocycles. The van der Waals surface area contributed by atoms with E-state index < -0.39 is 0 Å². The van der Waals surface area contributed by atoms with Crippen molar-refractivity contribution in [3.05, 3.63) is 48.2 Å². The minimum Gasteiger partial charge on any atom is -0.450 e. The first kappa shape index (κ1) is 12.9. The molecule has 4 nitrogen and oxygen atoms in total. The van der Waals surface area contributed by atoms with E-state index in [2.05, 4.69) is 9.71 Å². The van der Waals surface area contributed by atoms with Gasteiger partial charge in [-0.3, -0.25) is 0 Å². The molecule has 2 rings (SSSR count). The van der Waals surface area contributed by atoms with E-state index in [9.17, 15) is 0 Å². The number of hydrogen-bond donors (Lipinski definition) is 3. The number of pyridine rings is 1. The number of nitrogens with zero attached hydrogens (tertiary/aromatic N) is 1. The Morgan fingerprint density at radius 1 is 1.28 bits per heavy atom. The molecule has 1 aromatic carbocycles. The Morgan fingerprint density at radius 2 is 2.17 bits per heavy atom. The van der Waals surface area contributed by atoms with Crippen LogP contribution >= 0.6 is 11.9 Å². The molecule has 3 N–H and O–H groups in total. The summed E-state index contributed by atoms with van der Waals surface area (Å²) in [5, 5.41) is 19.0. The number of aromatic nitrogens is 1. The molecular formula is C12H12BN2O2S. The lowest BCUT2D eigenvalue weighted by atomic mass is 9.84. The molecule has 0 amide bonds. The van der Waals surface area contributed by atoms with Crippen molar-refractivity contribution in [1.82, 2.24) is 4.98 Å². The molecule has 18 heavy (non-hydrogen) atoms. The van der Waals surface area contributed by atoms with Crippen molar-refractivity contribution in [3.63, 3.8) is 0 Å². The number of hydrogen-bond acceptors (Lipinski definition) is 5. The van der Waals surface area contributed by atoms with Crippen LogP contribution in [0, 0.1) is 0 Å². The zero-order valence-corrected chi connectivity index (χ0v) is 10.4. The predicted molar refractivity (Wildman–Crippen MR) is 73.7 cm³/mol. The maximum absolute atomic E-state index is 9.08. The van der Waals surface area contributed by atoms with Gasteiger partial charge in [-0.05, 0) is 35.3 Å². The Hall–Kier alpha value is -1.50. The fraction of sp³-hybridized carbons (Fsp3) is 0.0833. The summed E-state index contributed by atoms with van der Waals surface area (Å²) < 4.78 is 3.13. The Bertz CT molecular complexity index is 511. The van der Waals surface area contributed by atoms with Crippen LogP contribution in [0.15, 0.2) is 47.6 Å². The summed E-state index contributed by atoms with van der Waals surface area (Å²) in [7, 11) is 0.988. The molecule has 1 radical (unpaired) electrons. The first-order chi connectivity index (χ1) is 8.83. The van der Waals surface area contributed by atoms with E-state index in [1.807, 2.05) is 24.3 Å². The third kappa shape index (κ3) is 3.26. The molecule has 0 aliphatic rings. The first-order valence-electron chi connectivity index (χ1n) is 5.38. The van der Waals surface area contributed by atoms with Crippen molar-refractivity contribution in [2.45, 2.75) is 11.6 Å². The van der Waals surface area contributed by atoms with Crippen molar-refractivity contribution in [3.8, 4) is 0 Å². The summed E-state index contributed by atoms with van der Waals surface area (Å²) in [5.41, 5.74) is 2.12. The van der Waals surface area contributed by atoms with Gasteiger partial charge in [0.25, 0.3) is 0 Å². The van der Waals surface area contributed by atoms with E-state index in [4.69, 9.17) is 10.1 Å². The topological polar surface area (TPSA) is 65.4 Å². The first-order valence-corrected chi connectivity index (χ1v) is 6.20. The molecule has 0 aliphatic carbocycles. The molecule has 0 saturated carbocycles. The maximum Gasteiger partial charge on any atom is 0.327 e. The Balaban J connectivity index is 2.06. The van der Waals surface area contributed by atoms with Gasteiger partial charge in [0.2, 0.25) is 0 Å². The third-order valence-corrected chi connectivity index (χ3v) is 3.15. The van der Waals surface area contributed by atoms with Gasteiger partial charge in [-0.1, -0.05) is 12.1 Å². The van der Waals surface area contributed by atoms with Crippen molar-refractivity contribution >= 4 is 30.6 Å². The molecule has 2 aromatic rings. The summed E-state index contributed by atoms with van der Waals surface area (Å²) in [6.07, 6.45) is 1.73. The number of anilines is 1. The molecule has 6 heteroatoms. The average Bonchev–Trinajstić information content (AvgIpc) is 2.45. The zero-order chi connectivity index (χ0) is 12.8. The summed E-state index contributed by atoms with van der Waals surface area (Å²) in [6, 6.07) is 11.1. The molecule has 0 fully saturated rings. The summed E-state index contributed by atoms with van der Waals surface area (Å²) in [4.78, 5) is 4.17. The van der Waals surface area contributed by atoms with Gasteiger partial charge in [-0.25, -0.2) is 4.98 Å². The van der Waals surface area contributed by atoms with Gasteiger partial charge in [-0.2, -0.15) is 0 Å². The number of nitrogens with one attached hydrogen (secondary N) is 1. The maximum atomic E-state index is 9.08. The van der Waals surface area contributed by atoms with Crippen LogP contribution in [-0.2, 0) is 6.61 Å². The number of aliphatic hydroxyl groups is 1. The van der Waals surface area contributed by atoms with Crippen molar-refractivity contribution in [2.75, 3.05) is 4.72 Å². The van der Waals surface area contributed by atoms with Crippen molar-refractivity contribution in [2.24, 2.45) is 0 Å². The Labute approximate surface area is 110 Å². The second kappa shape index (κ2) is 6.44. The van der Waals surface area contributed by atoms with Crippen LogP contribution in [-0.4, -0.2) is 22.6 Å². The average molecular weight is 259 g/mol. The lowest BCUT2D eigenvalue weighted by Crippen LogP contribution is -2.19. The monoisotopic (exact) mass is 259 g/mol. The minimum atomic E-state index is -0.0972. The molecule has 0 saturated heterocycles. The minimum absolute atomic E-state index is 0.0972. The smallest absolute Gasteiger partial charge is 0.327 e. The fourth-order valence-corrected chi connectivity index (χ4v) is 2.05. The summed E-state index contributed by atoms with van der Waals surface area (Å²) in [6.45, 7) is -0.0972. The van der Waals surface area contributed by atoms with Gasteiger partial charge in [0, 0.05) is 23.8 Å². The van der Waals surface area contributed by atoms with E-state index in [0.717, 1.165) is 18.2 Å². The van der Waals surface area contributed by atoms with Gasteiger partial charge in [0.15, 0.2) is 0 Å². The standard InChI is InChI=1S/C12H12BN2O2S/c16-8-9-4-5-10(7-11(9)13-17)15-18-12-3-1-2-6-14-12/h1-7,15-17H,8H2. The van der Waals surface area contributed by atoms with Crippen LogP contribution in [0.3, 0.4) is 0 Å². The highest BCUT2D eigenvalue weighted by Crippen LogP contribution is 2.18. The molecule has 0 unspecified atom stereocenters. The molecule has 0 atom stereocenters. The number of rotatable bonds is 5. The highest BCUT2D eigenvalue weighted by molar-refractivity contribution is 8.00. The zero-order valence-electron chi connectivity index (χ0n) is 9.58. The van der Waals surface area contributed by atoms with Crippen LogP contribution in [0.5, 0.6) is 0 Å². The van der Waals surface area contributed by atoms with Crippen LogP contribution in [0.2, 0.25) is 0 Å². The van der Waals surface area contributed by atoms with E-state index in [1.54, 1.807) is 18.3 Å². The summed E-state index contributed by atoms with van der Waals surface area (Å²) >= 11 is 1.39. The van der Waals surface area contributed by atoms with E-state index in [0.29, 0.717) is 11.0 Å². The predicted octanol–water partition coefficient (Wildman–Crippen LogP) is 0.930. The highest BCUT2D eigenvalue weighted by atomic mass is 32.2. The highest BCUT2D eigenvalue weighted by Gasteiger charge is 2.04. The van der Waals surface area contributed by atoms with E-state index >= 15 is 0 Å². The largest absolute Gasteiger partial charge is 0.450 e. The Morgan fingerprint density at radius 3 is 2.83 bits per heavy atom. The van der Waals surface area contributed by atoms with Crippen LogP contribution in [0.4, 0.5) is 5.69 Å². The molecule has 1 heterocycles. The van der Waals surface area contributed by atoms with Crippen LogP contribution in [0.25, 0.3) is 0 Å². The van der Waals surface area contributed by atoms with Gasteiger partial charge >= 0.3 is 7.48 Å².